The van der Waals surface area contributed by atoms with Crippen molar-refractivity contribution in [3.05, 3.63) is 35.6 Å². The number of hydrogen-bond acceptors (Lipinski definition) is 4. The summed E-state index contributed by atoms with van der Waals surface area (Å²) in [7, 11) is 0. The van der Waals surface area contributed by atoms with E-state index in [1.165, 1.54) is 6.07 Å². The summed E-state index contributed by atoms with van der Waals surface area (Å²) in [6.07, 6.45) is 1.49. The zero-order valence-electron chi connectivity index (χ0n) is 14.0. The number of rotatable bonds is 4. The van der Waals surface area contributed by atoms with Crippen LogP contribution in [0.15, 0.2) is 24.3 Å². The van der Waals surface area contributed by atoms with Crippen LogP contribution in [-0.2, 0) is 11.3 Å². The standard InChI is InChI=1S/C18H26FN3O2/c19-16-4-1-3-15(11-16)12-20-7-9-22(10-8-20)18(24)14-21-6-2-5-17(23)13-21/h1,3-4,11,17,23H,2,5-10,12-14H2. The van der Waals surface area contributed by atoms with Gasteiger partial charge in [-0.2, -0.15) is 0 Å². The van der Waals surface area contributed by atoms with Gasteiger partial charge in [-0.15, -0.1) is 0 Å². The quantitative estimate of drug-likeness (QED) is 0.889. The summed E-state index contributed by atoms with van der Waals surface area (Å²) < 4.78 is 13.2. The summed E-state index contributed by atoms with van der Waals surface area (Å²) in [5.74, 6) is -0.0560. The Morgan fingerprint density at radius 1 is 1.17 bits per heavy atom. The number of halogens is 1. The highest BCUT2D eigenvalue weighted by Gasteiger charge is 2.25. The molecule has 3 rings (SSSR count). The number of likely N-dealkylation sites (tertiary alicyclic amines) is 1. The fourth-order valence-corrected chi connectivity index (χ4v) is 3.51. The number of piperidine rings is 1. The third kappa shape index (κ3) is 4.75. The van der Waals surface area contributed by atoms with E-state index >= 15 is 0 Å². The maximum atomic E-state index is 13.2. The van der Waals surface area contributed by atoms with Crippen LogP contribution >= 0.6 is 0 Å². The van der Waals surface area contributed by atoms with Crippen LogP contribution in [0.3, 0.4) is 0 Å². The van der Waals surface area contributed by atoms with Crippen molar-refractivity contribution in [2.24, 2.45) is 0 Å². The molecule has 1 atom stereocenters. The van der Waals surface area contributed by atoms with Gasteiger partial charge in [0.1, 0.15) is 5.82 Å². The molecule has 2 fully saturated rings. The zero-order valence-corrected chi connectivity index (χ0v) is 14.0. The first-order valence-electron chi connectivity index (χ1n) is 8.75. The monoisotopic (exact) mass is 335 g/mol. The molecule has 1 aromatic carbocycles. The lowest BCUT2D eigenvalue weighted by Crippen LogP contribution is -2.52. The topological polar surface area (TPSA) is 47.0 Å². The lowest BCUT2D eigenvalue weighted by molar-refractivity contribution is -0.134. The summed E-state index contributed by atoms with van der Waals surface area (Å²) in [6.45, 7) is 5.66. The average Bonchev–Trinajstić information content (AvgIpc) is 2.55. The number of nitrogens with zero attached hydrogens (tertiary/aromatic N) is 3. The van der Waals surface area contributed by atoms with Gasteiger partial charge in [0.25, 0.3) is 0 Å². The molecular formula is C18H26FN3O2. The van der Waals surface area contributed by atoms with Gasteiger partial charge in [0.15, 0.2) is 0 Å². The average molecular weight is 335 g/mol. The molecule has 1 unspecified atom stereocenters. The molecule has 2 saturated heterocycles. The van der Waals surface area contributed by atoms with Crippen molar-refractivity contribution < 1.29 is 14.3 Å². The molecule has 0 spiro atoms. The number of aliphatic hydroxyl groups is 1. The first kappa shape index (κ1) is 17.3. The molecule has 5 nitrogen and oxygen atoms in total. The number of β-amino-alcohol motifs (C(OH)–C–C–N with tert-alkyl or cyclic N) is 1. The maximum Gasteiger partial charge on any atom is 0.236 e. The van der Waals surface area contributed by atoms with Gasteiger partial charge in [0.05, 0.1) is 12.6 Å². The fraction of sp³-hybridized carbons (Fsp3) is 0.611. The number of piperazine rings is 1. The van der Waals surface area contributed by atoms with Gasteiger partial charge in [-0.05, 0) is 37.1 Å². The number of benzene rings is 1. The van der Waals surface area contributed by atoms with Crippen molar-refractivity contribution in [2.75, 3.05) is 45.8 Å². The van der Waals surface area contributed by atoms with Gasteiger partial charge in [-0.1, -0.05) is 12.1 Å². The Balaban J connectivity index is 1.43. The van der Waals surface area contributed by atoms with Crippen LogP contribution in [0, 0.1) is 5.82 Å². The Hall–Kier alpha value is -1.50. The molecule has 24 heavy (non-hydrogen) atoms. The van der Waals surface area contributed by atoms with Gasteiger partial charge in [0, 0.05) is 39.3 Å². The number of carbonyl (C=O) groups is 1. The van der Waals surface area contributed by atoms with E-state index in [0.29, 0.717) is 26.2 Å². The number of amides is 1. The van der Waals surface area contributed by atoms with E-state index in [9.17, 15) is 14.3 Å². The van der Waals surface area contributed by atoms with Crippen LogP contribution in [0.4, 0.5) is 4.39 Å². The maximum absolute atomic E-state index is 13.2. The molecule has 2 aliphatic rings. The van der Waals surface area contributed by atoms with E-state index in [1.807, 2.05) is 11.0 Å². The van der Waals surface area contributed by atoms with E-state index in [0.717, 1.165) is 44.6 Å². The van der Waals surface area contributed by atoms with Crippen LogP contribution in [0.1, 0.15) is 18.4 Å². The van der Waals surface area contributed by atoms with Crippen LogP contribution in [0.25, 0.3) is 0 Å². The predicted octanol–water partition coefficient (Wildman–Crippen LogP) is 0.927. The van der Waals surface area contributed by atoms with Crippen LogP contribution < -0.4 is 0 Å². The van der Waals surface area contributed by atoms with Gasteiger partial charge in [-0.3, -0.25) is 14.6 Å². The third-order valence-corrected chi connectivity index (χ3v) is 4.86. The first-order chi connectivity index (χ1) is 11.6. The number of hydrogen-bond donors (Lipinski definition) is 1. The molecule has 1 amide bonds. The molecule has 0 radical (unpaired) electrons. The van der Waals surface area contributed by atoms with Gasteiger partial charge < -0.3 is 10.0 Å². The van der Waals surface area contributed by atoms with E-state index in [1.54, 1.807) is 12.1 Å². The minimum absolute atomic E-state index is 0.148. The van der Waals surface area contributed by atoms with Crippen molar-refractivity contribution in [3.8, 4) is 0 Å². The Morgan fingerprint density at radius 2 is 1.96 bits per heavy atom. The summed E-state index contributed by atoms with van der Waals surface area (Å²) in [4.78, 5) is 18.6. The SMILES string of the molecule is O=C(CN1CCCC(O)C1)N1CCN(Cc2cccc(F)c2)CC1. The highest BCUT2D eigenvalue weighted by molar-refractivity contribution is 5.78. The molecule has 1 N–H and O–H groups in total. The second kappa shape index (κ2) is 8.05. The molecule has 2 aliphatic heterocycles. The first-order valence-corrected chi connectivity index (χ1v) is 8.75. The van der Waals surface area contributed by atoms with E-state index in [4.69, 9.17) is 0 Å². The Bertz CT molecular complexity index is 561. The summed E-state index contributed by atoms with van der Waals surface area (Å²) in [5, 5.41) is 9.70. The highest BCUT2D eigenvalue weighted by atomic mass is 19.1. The highest BCUT2D eigenvalue weighted by Crippen LogP contribution is 2.12. The van der Waals surface area contributed by atoms with Crippen molar-refractivity contribution in [2.45, 2.75) is 25.5 Å². The number of carbonyl (C=O) groups excluding carboxylic acids is 1. The Morgan fingerprint density at radius 3 is 2.67 bits per heavy atom. The molecular weight excluding hydrogens is 309 g/mol. The van der Waals surface area contributed by atoms with Crippen molar-refractivity contribution >= 4 is 5.91 Å². The second-order valence-corrected chi connectivity index (χ2v) is 6.82. The molecule has 0 aromatic heterocycles. The third-order valence-electron chi connectivity index (χ3n) is 4.86. The Labute approximate surface area is 142 Å². The van der Waals surface area contributed by atoms with Crippen LogP contribution in [0.2, 0.25) is 0 Å². The van der Waals surface area contributed by atoms with Crippen LogP contribution in [-0.4, -0.2) is 77.6 Å². The van der Waals surface area contributed by atoms with Gasteiger partial charge in [0.2, 0.25) is 5.91 Å². The lowest BCUT2D eigenvalue weighted by Gasteiger charge is -2.37. The summed E-state index contributed by atoms with van der Waals surface area (Å²) >= 11 is 0. The number of aliphatic hydroxyl groups excluding tert-OH is 1. The van der Waals surface area contributed by atoms with E-state index < -0.39 is 0 Å². The molecule has 2 heterocycles. The van der Waals surface area contributed by atoms with E-state index in [2.05, 4.69) is 9.80 Å². The normalized spacial score (nSPS) is 23.4. The minimum Gasteiger partial charge on any atom is -0.392 e. The largest absolute Gasteiger partial charge is 0.392 e. The summed E-state index contributed by atoms with van der Waals surface area (Å²) in [5.41, 5.74) is 0.970. The Kier molecular flexibility index (Phi) is 5.81. The fourth-order valence-electron chi connectivity index (χ4n) is 3.51. The predicted molar refractivity (Wildman–Crippen MR) is 89.9 cm³/mol. The van der Waals surface area contributed by atoms with Crippen molar-refractivity contribution in [1.82, 2.24) is 14.7 Å². The summed E-state index contributed by atoms with van der Waals surface area (Å²) in [6, 6.07) is 6.69. The zero-order chi connectivity index (χ0) is 16.9. The van der Waals surface area contributed by atoms with Gasteiger partial charge in [-0.25, -0.2) is 4.39 Å². The van der Waals surface area contributed by atoms with Crippen LogP contribution in [0.5, 0.6) is 0 Å². The van der Waals surface area contributed by atoms with Crippen molar-refractivity contribution in [1.29, 1.82) is 0 Å². The molecule has 0 aliphatic carbocycles. The molecule has 0 saturated carbocycles. The molecule has 1 aromatic rings. The second-order valence-electron chi connectivity index (χ2n) is 6.82. The van der Waals surface area contributed by atoms with Crippen molar-refractivity contribution in [3.63, 3.8) is 0 Å². The van der Waals surface area contributed by atoms with Gasteiger partial charge >= 0.3 is 0 Å². The lowest BCUT2D eigenvalue weighted by atomic mass is 10.1. The molecule has 0 bridgehead atoms. The minimum atomic E-state index is -0.297. The smallest absolute Gasteiger partial charge is 0.236 e. The van der Waals surface area contributed by atoms with E-state index in [-0.39, 0.29) is 17.8 Å². The molecule has 6 heteroatoms. The molecule has 132 valence electrons.